The van der Waals surface area contributed by atoms with E-state index in [0.717, 1.165) is 19.4 Å². The highest BCUT2D eigenvalue weighted by molar-refractivity contribution is 7.89. The summed E-state index contributed by atoms with van der Waals surface area (Å²) in [7, 11) is 0.409. The number of sulfonamides is 1. The van der Waals surface area contributed by atoms with Crippen molar-refractivity contribution in [3.63, 3.8) is 0 Å². The average Bonchev–Trinajstić information content (AvgIpc) is 2.27. The van der Waals surface area contributed by atoms with E-state index in [4.69, 9.17) is 17.3 Å². The third-order valence-electron chi connectivity index (χ3n) is 2.57. The van der Waals surface area contributed by atoms with Gasteiger partial charge in [-0.1, -0.05) is 11.6 Å². The second kappa shape index (κ2) is 7.09. The smallest absolute Gasteiger partial charge is 0.242 e. The van der Waals surface area contributed by atoms with Crippen LogP contribution in [0.5, 0.6) is 0 Å². The first kappa shape index (κ1) is 16.2. The van der Waals surface area contributed by atoms with Crippen LogP contribution >= 0.6 is 11.6 Å². The number of hydrogen-bond acceptors (Lipinski definition) is 4. The molecule has 0 spiro atoms. The SMILES string of the molecule is CN(C)CCCCNS(=O)(=O)c1ccc(N)cc1Cl. The molecule has 0 atom stereocenters. The number of benzene rings is 1. The Morgan fingerprint density at radius 1 is 1.32 bits per heavy atom. The van der Waals surface area contributed by atoms with Gasteiger partial charge in [0.1, 0.15) is 4.90 Å². The van der Waals surface area contributed by atoms with Crippen molar-refractivity contribution in [1.29, 1.82) is 0 Å². The summed E-state index contributed by atoms with van der Waals surface area (Å²) in [6.07, 6.45) is 1.72. The van der Waals surface area contributed by atoms with Crippen LogP contribution in [0.25, 0.3) is 0 Å². The normalized spacial score (nSPS) is 12.0. The maximum absolute atomic E-state index is 12.0. The highest BCUT2D eigenvalue weighted by Crippen LogP contribution is 2.23. The van der Waals surface area contributed by atoms with Gasteiger partial charge in [0.2, 0.25) is 10.0 Å². The molecular weight excluding hydrogens is 286 g/mol. The third kappa shape index (κ3) is 5.36. The molecule has 0 saturated heterocycles. The molecule has 5 nitrogen and oxygen atoms in total. The van der Waals surface area contributed by atoms with E-state index in [1.54, 1.807) is 0 Å². The Hall–Kier alpha value is -0.820. The molecule has 1 aromatic rings. The van der Waals surface area contributed by atoms with E-state index in [0.29, 0.717) is 12.2 Å². The number of nitrogens with zero attached hydrogens (tertiary/aromatic N) is 1. The van der Waals surface area contributed by atoms with Crippen molar-refractivity contribution in [1.82, 2.24) is 9.62 Å². The fourth-order valence-electron chi connectivity index (χ4n) is 1.57. The predicted molar refractivity (Wildman–Crippen MR) is 78.8 cm³/mol. The number of unbranched alkanes of at least 4 members (excludes halogenated alkanes) is 1. The molecular formula is C12H20ClN3O2S. The Morgan fingerprint density at radius 3 is 2.58 bits per heavy atom. The first-order valence-corrected chi connectivity index (χ1v) is 7.88. The summed E-state index contributed by atoms with van der Waals surface area (Å²) in [6.45, 7) is 1.33. The summed E-state index contributed by atoms with van der Waals surface area (Å²) >= 11 is 5.89. The van der Waals surface area contributed by atoms with E-state index in [2.05, 4.69) is 9.62 Å². The molecule has 0 aliphatic heterocycles. The lowest BCUT2D eigenvalue weighted by Gasteiger charge is -2.10. The van der Waals surface area contributed by atoms with Crippen LogP contribution in [-0.4, -0.2) is 40.5 Å². The van der Waals surface area contributed by atoms with Gasteiger partial charge in [-0.15, -0.1) is 0 Å². The second-order valence-electron chi connectivity index (χ2n) is 4.60. The Labute approximate surface area is 119 Å². The van der Waals surface area contributed by atoms with Gasteiger partial charge in [-0.3, -0.25) is 0 Å². The summed E-state index contributed by atoms with van der Waals surface area (Å²) in [5.74, 6) is 0. The first-order chi connectivity index (χ1) is 8.83. The summed E-state index contributed by atoms with van der Waals surface area (Å²) in [4.78, 5) is 2.13. The summed E-state index contributed by atoms with van der Waals surface area (Å²) in [5.41, 5.74) is 5.97. The van der Waals surface area contributed by atoms with Crippen molar-refractivity contribution in [2.75, 3.05) is 32.9 Å². The zero-order chi connectivity index (χ0) is 14.5. The fourth-order valence-corrected chi connectivity index (χ4v) is 3.20. The fraction of sp³-hybridized carbons (Fsp3) is 0.500. The number of nitrogen functional groups attached to an aromatic ring is 1. The topological polar surface area (TPSA) is 75.4 Å². The largest absolute Gasteiger partial charge is 0.399 e. The van der Waals surface area contributed by atoms with Gasteiger partial charge in [-0.25, -0.2) is 13.1 Å². The van der Waals surface area contributed by atoms with Crippen LogP contribution in [0.2, 0.25) is 5.02 Å². The van der Waals surface area contributed by atoms with Crippen LogP contribution in [-0.2, 0) is 10.0 Å². The highest BCUT2D eigenvalue weighted by atomic mass is 35.5. The van der Waals surface area contributed by atoms with Crippen molar-refractivity contribution in [2.45, 2.75) is 17.7 Å². The Bertz CT molecular complexity index is 518. The summed E-state index contributed by atoms with van der Waals surface area (Å²) < 4.78 is 26.6. The van der Waals surface area contributed by atoms with Crippen molar-refractivity contribution in [2.24, 2.45) is 0 Å². The average molecular weight is 306 g/mol. The lowest BCUT2D eigenvalue weighted by Crippen LogP contribution is -2.25. The highest BCUT2D eigenvalue weighted by Gasteiger charge is 2.17. The van der Waals surface area contributed by atoms with Crippen LogP contribution in [0.15, 0.2) is 23.1 Å². The van der Waals surface area contributed by atoms with Gasteiger partial charge < -0.3 is 10.6 Å². The van der Waals surface area contributed by atoms with E-state index in [1.165, 1.54) is 18.2 Å². The molecule has 0 amide bonds. The number of anilines is 1. The van der Waals surface area contributed by atoms with Gasteiger partial charge in [0, 0.05) is 12.2 Å². The van der Waals surface area contributed by atoms with Gasteiger partial charge in [0.15, 0.2) is 0 Å². The van der Waals surface area contributed by atoms with Crippen LogP contribution in [0.4, 0.5) is 5.69 Å². The number of nitrogens with one attached hydrogen (secondary N) is 1. The minimum atomic E-state index is -3.56. The van der Waals surface area contributed by atoms with Gasteiger partial charge >= 0.3 is 0 Å². The van der Waals surface area contributed by atoms with E-state index in [1.807, 2.05) is 14.1 Å². The monoisotopic (exact) mass is 305 g/mol. The minimum Gasteiger partial charge on any atom is -0.399 e. The summed E-state index contributed by atoms with van der Waals surface area (Å²) in [6, 6.07) is 4.37. The molecule has 0 aromatic heterocycles. The van der Waals surface area contributed by atoms with E-state index in [-0.39, 0.29) is 9.92 Å². The van der Waals surface area contributed by atoms with Crippen LogP contribution in [0.3, 0.4) is 0 Å². The lowest BCUT2D eigenvalue weighted by molar-refractivity contribution is 0.394. The molecule has 0 aliphatic rings. The Balaban J connectivity index is 2.56. The molecule has 0 saturated carbocycles. The van der Waals surface area contributed by atoms with Crippen molar-refractivity contribution in [3.05, 3.63) is 23.2 Å². The van der Waals surface area contributed by atoms with Crippen LogP contribution < -0.4 is 10.5 Å². The molecule has 7 heteroatoms. The molecule has 0 radical (unpaired) electrons. The number of rotatable bonds is 7. The molecule has 0 bridgehead atoms. The number of hydrogen-bond donors (Lipinski definition) is 2. The van der Waals surface area contributed by atoms with E-state index >= 15 is 0 Å². The molecule has 1 rings (SSSR count). The van der Waals surface area contributed by atoms with Crippen LogP contribution in [0.1, 0.15) is 12.8 Å². The standard InChI is InChI=1S/C12H20ClN3O2S/c1-16(2)8-4-3-7-15-19(17,18)12-6-5-10(14)9-11(12)13/h5-6,9,15H,3-4,7-8,14H2,1-2H3. The Morgan fingerprint density at radius 2 is 2.00 bits per heavy atom. The molecule has 108 valence electrons. The molecule has 0 heterocycles. The molecule has 3 N–H and O–H groups in total. The van der Waals surface area contributed by atoms with E-state index < -0.39 is 10.0 Å². The minimum absolute atomic E-state index is 0.0657. The molecule has 0 unspecified atom stereocenters. The summed E-state index contributed by atoms with van der Waals surface area (Å²) in [5, 5.41) is 0.140. The van der Waals surface area contributed by atoms with Gasteiger partial charge in [0.25, 0.3) is 0 Å². The maximum atomic E-state index is 12.0. The molecule has 0 aliphatic carbocycles. The molecule has 1 aromatic carbocycles. The maximum Gasteiger partial charge on any atom is 0.242 e. The predicted octanol–water partition coefficient (Wildman–Crippen LogP) is 1.54. The third-order valence-corrected chi connectivity index (χ3v) is 4.51. The van der Waals surface area contributed by atoms with Crippen LogP contribution in [0, 0.1) is 0 Å². The van der Waals surface area contributed by atoms with Gasteiger partial charge in [-0.05, 0) is 51.7 Å². The first-order valence-electron chi connectivity index (χ1n) is 6.02. The van der Waals surface area contributed by atoms with Crippen molar-refractivity contribution >= 4 is 27.3 Å². The Kier molecular flexibility index (Phi) is 6.06. The lowest BCUT2D eigenvalue weighted by atomic mass is 10.3. The van der Waals surface area contributed by atoms with Crippen molar-refractivity contribution < 1.29 is 8.42 Å². The molecule has 0 fully saturated rings. The van der Waals surface area contributed by atoms with Crippen molar-refractivity contribution in [3.8, 4) is 0 Å². The second-order valence-corrected chi connectivity index (χ2v) is 6.74. The quantitative estimate of drug-likeness (QED) is 0.592. The van der Waals surface area contributed by atoms with Gasteiger partial charge in [-0.2, -0.15) is 0 Å². The number of nitrogens with two attached hydrogens (primary N) is 1. The zero-order valence-electron chi connectivity index (χ0n) is 11.2. The zero-order valence-corrected chi connectivity index (χ0v) is 12.8. The van der Waals surface area contributed by atoms with Gasteiger partial charge in [0.05, 0.1) is 5.02 Å². The van der Waals surface area contributed by atoms with E-state index in [9.17, 15) is 8.42 Å². The molecule has 19 heavy (non-hydrogen) atoms. The number of halogens is 1.